The van der Waals surface area contributed by atoms with Gasteiger partial charge in [-0.2, -0.15) is 0 Å². The van der Waals surface area contributed by atoms with E-state index in [-0.39, 0.29) is 29.5 Å². The molecule has 0 aromatic carbocycles. The molecular formula is C12H22N2O3S. The van der Waals surface area contributed by atoms with Crippen LogP contribution in [-0.2, 0) is 14.6 Å². The summed E-state index contributed by atoms with van der Waals surface area (Å²) in [6, 6.07) is -0.198. The van der Waals surface area contributed by atoms with Gasteiger partial charge in [0, 0.05) is 12.6 Å². The van der Waals surface area contributed by atoms with Crippen molar-refractivity contribution < 1.29 is 13.2 Å². The summed E-state index contributed by atoms with van der Waals surface area (Å²) in [5, 5.41) is 3.25. The molecule has 2 rings (SSSR count). The minimum absolute atomic E-state index is 0.0891. The number of nitrogens with zero attached hydrogens (tertiary/aromatic N) is 1. The van der Waals surface area contributed by atoms with Crippen molar-refractivity contribution in [1.82, 2.24) is 10.2 Å². The standard InChI is InChI=1S/C12H22N2O3S/c1-2-6-13-11-4-3-7-14(12(11)15)10-5-8-18(16,17)9-10/h10-11,13H,2-9H2,1H3. The fourth-order valence-electron chi connectivity index (χ4n) is 2.79. The third kappa shape index (κ3) is 3.03. The van der Waals surface area contributed by atoms with Gasteiger partial charge < -0.3 is 10.2 Å². The van der Waals surface area contributed by atoms with Gasteiger partial charge in [-0.15, -0.1) is 0 Å². The van der Waals surface area contributed by atoms with Gasteiger partial charge in [-0.1, -0.05) is 6.92 Å². The number of piperidine rings is 1. The van der Waals surface area contributed by atoms with E-state index in [4.69, 9.17) is 0 Å². The predicted molar refractivity (Wildman–Crippen MR) is 70.1 cm³/mol. The Labute approximate surface area is 109 Å². The molecule has 5 nitrogen and oxygen atoms in total. The topological polar surface area (TPSA) is 66.5 Å². The molecule has 1 N–H and O–H groups in total. The van der Waals surface area contributed by atoms with Crippen LogP contribution in [0.25, 0.3) is 0 Å². The lowest BCUT2D eigenvalue weighted by Gasteiger charge is -2.36. The quantitative estimate of drug-likeness (QED) is 0.793. The molecule has 2 fully saturated rings. The molecule has 0 aliphatic carbocycles. The molecule has 2 aliphatic rings. The molecule has 1 amide bonds. The Morgan fingerprint density at radius 1 is 1.39 bits per heavy atom. The van der Waals surface area contributed by atoms with E-state index < -0.39 is 9.84 Å². The minimum Gasteiger partial charge on any atom is -0.337 e. The lowest BCUT2D eigenvalue weighted by Crippen LogP contribution is -2.54. The maximum atomic E-state index is 12.3. The van der Waals surface area contributed by atoms with Crippen molar-refractivity contribution in [2.24, 2.45) is 0 Å². The summed E-state index contributed by atoms with van der Waals surface area (Å²) >= 11 is 0. The zero-order chi connectivity index (χ0) is 13.2. The normalized spacial score (nSPS) is 31.8. The van der Waals surface area contributed by atoms with E-state index in [9.17, 15) is 13.2 Å². The predicted octanol–water partition coefficient (Wildman–Crippen LogP) is 0.164. The van der Waals surface area contributed by atoms with Gasteiger partial charge in [-0.25, -0.2) is 8.42 Å². The molecule has 0 saturated carbocycles. The Kier molecular flexibility index (Phi) is 4.27. The number of carbonyl (C=O) groups excluding carboxylic acids is 1. The lowest BCUT2D eigenvalue weighted by molar-refractivity contribution is -0.138. The van der Waals surface area contributed by atoms with Gasteiger partial charge in [-0.05, 0) is 32.2 Å². The van der Waals surface area contributed by atoms with Crippen LogP contribution < -0.4 is 5.32 Å². The van der Waals surface area contributed by atoms with Crippen molar-refractivity contribution in [1.29, 1.82) is 0 Å². The van der Waals surface area contributed by atoms with E-state index in [1.165, 1.54) is 0 Å². The Hall–Kier alpha value is -0.620. The van der Waals surface area contributed by atoms with Crippen LogP contribution >= 0.6 is 0 Å². The number of amides is 1. The first-order valence-electron chi connectivity index (χ1n) is 6.78. The van der Waals surface area contributed by atoms with E-state index in [1.54, 1.807) is 4.90 Å². The zero-order valence-electron chi connectivity index (χ0n) is 10.9. The van der Waals surface area contributed by atoms with Gasteiger partial charge in [0.1, 0.15) is 0 Å². The van der Waals surface area contributed by atoms with E-state index in [1.807, 2.05) is 0 Å². The third-order valence-electron chi connectivity index (χ3n) is 3.76. The van der Waals surface area contributed by atoms with Crippen LogP contribution in [0.5, 0.6) is 0 Å². The smallest absolute Gasteiger partial charge is 0.239 e. The van der Waals surface area contributed by atoms with Crippen molar-refractivity contribution in [2.45, 2.75) is 44.7 Å². The summed E-state index contributed by atoms with van der Waals surface area (Å²) in [6.45, 7) is 3.62. The van der Waals surface area contributed by atoms with Crippen LogP contribution in [0.15, 0.2) is 0 Å². The van der Waals surface area contributed by atoms with Crippen LogP contribution in [0.3, 0.4) is 0 Å². The second-order valence-corrected chi connectivity index (χ2v) is 7.47. The van der Waals surface area contributed by atoms with Crippen molar-refractivity contribution in [3.05, 3.63) is 0 Å². The summed E-state index contributed by atoms with van der Waals surface area (Å²) in [7, 11) is -2.92. The maximum absolute atomic E-state index is 12.3. The van der Waals surface area contributed by atoms with Crippen LogP contribution in [-0.4, -0.2) is 55.9 Å². The van der Waals surface area contributed by atoms with Crippen LogP contribution in [0, 0.1) is 0 Å². The van der Waals surface area contributed by atoms with Gasteiger partial charge in [0.15, 0.2) is 9.84 Å². The van der Waals surface area contributed by atoms with Gasteiger partial charge in [0.25, 0.3) is 0 Å². The molecule has 104 valence electrons. The van der Waals surface area contributed by atoms with E-state index in [2.05, 4.69) is 12.2 Å². The summed E-state index contributed by atoms with van der Waals surface area (Å²) in [6.07, 6.45) is 3.44. The number of sulfone groups is 1. The van der Waals surface area contributed by atoms with Gasteiger partial charge >= 0.3 is 0 Å². The molecule has 2 unspecified atom stereocenters. The second kappa shape index (κ2) is 5.57. The van der Waals surface area contributed by atoms with Crippen molar-refractivity contribution in [2.75, 3.05) is 24.6 Å². The third-order valence-corrected chi connectivity index (χ3v) is 5.51. The average Bonchev–Trinajstić information content (AvgIpc) is 2.68. The number of rotatable bonds is 4. The second-order valence-electron chi connectivity index (χ2n) is 5.24. The molecule has 2 heterocycles. The maximum Gasteiger partial charge on any atom is 0.239 e. The van der Waals surface area contributed by atoms with Crippen molar-refractivity contribution >= 4 is 15.7 Å². The van der Waals surface area contributed by atoms with E-state index in [0.29, 0.717) is 13.0 Å². The van der Waals surface area contributed by atoms with Gasteiger partial charge in [-0.3, -0.25) is 4.79 Å². The van der Waals surface area contributed by atoms with E-state index >= 15 is 0 Å². The molecule has 0 aromatic heterocycles. The van der Waals surface area contributed by atoms with E-state index in [0.717, 1.165) is 25.8 Å². The molecule has 0 spiro atoms. The molecule has 6 heteroatoms. The Morgan fingerprint density at radius 2 is 2.17 bits per heavy atom. The first-order valence-corrected chi connectivity index (χ1v) is 8.60. The summed E-state index contributed by atoms with van der Waals surface area (Å²) in [5.41, 5.74) is 0. The van der Waals surface area contributed by atoms with Gasteiger partial charge in [0.05, 0.1) is 17.5 Å². The van der Waals surface area contributed by atoms with Crippen LogP contribution in [0.1, 0.15) is 32.6 Å². The van der Waals surface area contributed by atoms with Gasteiger partial charge in [0.2, 0.25) is 5.91 Å². The molecule has 18 heavy (non-hydrogen) atoms. The molecule has 2 aliphatic heterocycles. The Morgan fingerprint density at radius 3 is 2.78 bits per heavy atom. The highest BCUT2D eigenvalue weighted by Gasteiger charge is 2.38. The largest absolute Gasteiger partial charge is 0.337 e. The van der Waals surface area contributed by atoms with Crippen LogP contribution in [0.2, 0.25) is 0 Å². The van der Waals surface area contributed by atoms with Crippen LogP contribution in [0.4, 0.5) is 0 Å². The van der Waals surface area contributed by atoms with Crippen molar-refractivity contribution in [3.63, 3.8) is 0 Å². The first-order chi connectivity index (χ1) is 8.53. The number of nitrogens with one attached hydrogen (secondary N) is 1. The molecular weight excluding hydrogens is 252 g/mol. The number of hydrogen-bond acceptors (Lipinski definition) is 4. The zero-order valence-corrected chi connectivity index (χ0v) is 11.7. The number of likely N-dealkylation sites (tertiary alicyclic amines) is 1. The van der Waals surface area contributed by atoms with Crippen molar-refractivity contribution in [3.8, 4) is 0 Å². The molecule has 2 atom stereocenters. The Balaban J connectivity index is 1.98. The number of carbonyl (C=O) groups is 1. The molecule has 0 aromatic rings. The first kappa shape index (κ1) is 13.8. The summed E-state index contributed by atoms with van der Waals surface area (Å²) < 4.78 is 23.0. The monoisotopic (exact) mass is 274 g/mol. The summed E-state index contributed by atoms with van der Waals surface area (Å²) in [4.78, 5) is 14.1. The average molecular weight is 274 g/mol. The highest BCUT2D eigenvalue weighted by atomic mass is 32.2. The fraction of sp³-hybridized carbons (Fsp3) is 0.917. The molecule has 0 radical (unpaired) electrons. The molecule has 0 bridgehead atoms. The molecule has 2 saturated heterocycles. The summed E-state index contributed by atoms with van der Waals surface area (Å²) in [5.74, 6) is 0.477. The number of hydrogen-bond donors (Lipinski definition) is 1. The highest BCUT2D eigenvalue weighted by molar-refractivity contribution is 7.91. The fourth-order valence-corrected chi connectivity index (χ4v) is 4.52. The SMILES string of the molecule is CCCNC1CCCN(C2CCS(=O)(=O)C2)C1=O. The minimum atomic E-state index is -2.92. The highest BCUT2D eigenvalue weighted by Crippen LogP contribution is 2.22. The Bertz CT molecular complexity index is 408. The lowest BCUT2D eigenvalue weighted by atomic mass is 10.0.